The predicted octanol–water partition coefficient (Wildman–Crippen LogP) is 2.35. The normalized spacial score (nSPS) is 29.0. The number of rotatable bonds is 4. The van der Waals surface area contributed by atoms with E-state index in [0.717, 1.165) is 31.8 Å². The Morgan fingerprint density at radius 1 is 1.67 bits per heavy atom. The summed E-state index contributed by atoms with van der Waals surface area (Å²) in [5.41, 5.74) is 0. The van der Waals surface area contributed by atoms with Gasteiger partial charge in [-0.25, -0.2) is 0 Å². The van der Waals surface area contributed by atoms with Gasteiger partial charge < -0.3 is 9.47 Å². The topological polar surface area (TPSA) is 18.5 Å². The van der Waals surface area contributed by atoms with E-state index < -0.39 is 0 Å². The third-order valence-corrected chi connectivity index (χ3v) is 2.27. The molecule has 1 aliphatic rings. The molecular weight excluding hydrogens is 152 g/mol. The first-order valence-corrected chi connectivity index (χ1v) is 4.67. The van der Waals surface area contributed by atoms with Gasteiger partial charge in [0.25, 0.3) is 0 Å². The summed E-state index contributed by atoms with van der Waals surface area (Å²) >= 11 is 0. The van der Waals surface area contributed by atoms with E-state index in [2.05, 4.69) is 13.5 Å². The molecule has 2 nitrogen and oxygen atoms in total. The van der Waals surface area contributed by atoms with Crippen LogP contribution in [0.1, 0.15) is 26.7 Å². The monoisotopic (exact) mass is 170 g/mol. The van der Waals surface area contributed by atoms with Crippen molar-refractivity contribution in [1.29, 1.82) is 0 Å². The standard InChI is InChI=1S/C10H18O2/c1-4-11-6-5-10-7-8(2)9(3)12-10/h8,10H,3-7H2,1-2H3. The third-order valence-electron chi connectivity index (χ3n) is 2.27. The van der Waals surface area contributed by atoms with Crippen molar-refractivity contribution in [3.63, 3.8) is 0 Å². The van der Waals surface area contributed by atoms with E-state index in [1.54, 1.807) is 0 Å². The Kier molecular flexibility index (Phi) is 3.60. The van der Waals surface area contributed by atoms with Crippen molar-refractivity contribution in [2.45, 2.75) is 32.8 Å². The maximum absolute atomic E-state index is 5.55. The van der Waals surface area contributed by atoms with E-state index in [-0.39, 0.29) is 0 Å². The van der Waals surface area contributed by atoms with Crippen molar-refractivity contribution in [1.82, 2.24) is 0 Å². The van der Waals surface area contributed by atoms with Crippen molar-refractivity contribution >= 4 is 0 Å². The fourth-order valence-corrected chi connectivity index (χ4v) is 1.44. The molecule has 0 N–H and O–H groups in total. The van der Waals surface area contributed by atoms with Gasteiger partial charge in [0.15, 0.2) is 0 Å². The Morgan fingerprint density at radius 2 is 2.42 bits per heavy atom. The quantitative estimate of drug-likeness (QED) is 0.603. The Bertz CT molecular complexity index is 154. The van der Waals surface area contributed by atoms with Crippen molar-refractivity contribution in [2.24, 2.45) is 5.92 Å². The van der Waals surface area contributed by atoms with Crippen LogP contribution in [0.15, 0.2) is 12.3 Å². The van der Waals surface area contributed by atoms with Crippen LogP contribution in [0.3, 0.4) is 0 Å². The van der Waals surface area contributed by atoms with Gasteiger partial charge in [0, 0.05) is 18.9 Å². The molecule has 0 aromatic heterocycles. The molecule has 0 saturated carbocycles. The molecule has 1 aliphatic heterocycles. The van der Waals surface area contributed by atoms with E-state index in [1.807, 2.05) is 6.92 Å². The van der Waals surface area contributed by atoms with Gasteiger partial charge in [-0.1, -0.05) is 13.5 Å². The molecule has 70 valence electrons. The molecule has 0 radical (unpaired) electrons. The van der Waals surface area contributed by atoms with E-state index in [0.29, 0.717) is 12.0 Å². The van der Waals surface area contributed by atoms with Gasteiger partial charge in [0.05, 0.1) is 12.4 Å². The predicted molar refractivity (Wildman–Crippen MR) is 48.9 cm³/mol. The first kappa shape index (κ1) is 9.59. The van der Waals surface area contributed by atoms with E-state index >= 15 is 0 Å². The molecule has 0 spiro atoms. The Morgan fingerprint density at radius 3 is 2.92 bits per heavy atom. The molecule has 0 aromatic rings. The van der Waals surface area contributed by atoms with Gasteiger partial charge >= 0.3 is 0 Å². The highest BCUT2D eigenvalue weighted by Gasteiger charge is 2.25. The summed E-state index contributed by atoms with van der Waals surface area (Å²) < 4.78 is 10.8. The molecule has 1 heterocycles. The van der Waals surface area contributed by atoms with Crippen LogP contribution in [0, 0.1) is 5.92 Å². The molecular formula is C10H18O2. The number of allylic oxidation sites excluding steroid dienone is 1. The molecule has 2 heteroatoms. The molecule has 0 aromatic carbocycles. The van der Waals surface area contributed by atoms with Gasteiger partial charge in [-0.15, -0.1) is 0 Å². The maximum atomic E-state index is 5.55. The van der Waals surface area contributed by atoms with Gasteiger partial charge in [0.1, 0.15) is 6.10 Å². The van der Waals surface area contributed by atoms with Crippen LogP contribution in [0.25, 0.3) is 0 Å². The van der Waals surface area contributed by atoms with Crippen LogP contribution >= 0.6 is 0 Å². The van der Waals surface area contributed by atoms with E-state index in [9.17, 15) is 0 Å². The average Bonchev–Trinajstić information content (AvgIpc) is 2.32. The Hall–Kier alpha value is -0.500. The highest BCUT2D eigenvalue weighted by Crippen LogP contribution is 2.29. The second-order valence-corrected chi connectivity index (χ2v) is 3.33. The summed E-state index contributed by atoms with van der Waals surface area (Å²) in [4.78, 5) is 0. The first-order valence-electron chi connectivity index (χ1n) is 4.67. The zero-order chi connectivity index (χ0) is 8.97. The zero-order valence-corrected chi connectivity index (χ0v) is 8.01. The molecule has 1 rings (SSSR count). The van der Waals surface area contributed by atoms with Gasteiger partial charge in [-0.05, 0) is 13.3 Å². The smallest absolute Gasteiger partial charge is 0.101 e. The van der Waals surface area contributed by atoms with Gasteiger partial charge in [0.2, 0.25) is 0 Å². The average molecular weight is 170 g/mol. The summed E-state index contributed by atoms with van der Waals surface area (Å²) in [5, 5.41) is 0. The number of hydrogen-bond acceptors (Lipinski definition) is 2. The lowest BCUT2D eigenvalue weighted by Crippen LogP contribution is -2.08. The molecule has 0 bridgehead atoms. The van der Waals surface area contributed by atoms with Crippen LogP contribution in [-0.4, -0.2) is 19.3 Å². The largest absolute Gasteiger partial charge is 0.495 e. The summed E-state index contributed by atoms with van der Waals surface area (Å²) in [6.45, 7) is 9.62. The van der Waals surface area contributed by atoms with Gasteiger partial charge in [-0.2, -0.15) is 0 Å². The molecule has 0 aliphatic carbocycles. The SMILES string of the molecule is C=C1OC(CCOCC)CC1C. The highest BCUT2D eigenvalue weighted by molar-refractivity contribution is 4.96. The van der Waals surface area contributed by atoms with Crippen LogP contribution in [0.5, 0.6) is 0 Å². The van der Waals surface area contributed by atoms with Crippen molar-refractivity contribution in [2.75, 3.05) is 13.2 Å². The lowest BCUT2D eigenvalue weighted by atomic mass is 10.1. The maximum Gasteiger partial charge on any atom is 0.101 e. The second-order valence-electron chi connectivity index (χ2n) is 3.33. The third kappa shape index (κ3) is 2.52. The minimum absolute atomic E-state index is 0.346. The molecule has 1 fully saturated rings. The van der Waals surface area contributed by atoms with E-state index in [4.69, 9.17) is 9.47 Å². The lowest BCUT2D eigenvalue weighted by molar-refractivity contribution is 0.0867. The van der Waals surface area contributed by atoms with Crippen LogP contribution < -0.4 is 0 Å². The van der Waals surface area contributed by atoms with Gasteiger partial charge in [-0.3, -0.25) is 0 Å². The molecule has 12 heavy (non-hydrogen) atoms. The molecule has 1 saturated heterocycles. The first-order chi connectivity index (χ1) is 5.74. The minimum Gasteiger partial charge on any atom is -0.495 e. The summed E-state index contributed by atoms with van der Waals surface area (Å²) in [7, 11) is 0. The summed E-state index contributed by atoms with van der Waals surface area (Å²) in [5.74, 6) is 1.47. The fraction of sp³-hybridized carbons (Fsp3) is 0.800. The minimum atomic E-state index is 0.346. The fourth-order valence-electron chi connectivity index (χ4n) is 1.44. The summed E-state index contributed by atoms with van der Waals surface area (Å²) in [6, 6.07) is 0. The van der Waals surface area contributed by atoms with Crippen molar-refractivity contribution < 1.29 is 9.47 Å². The molecule has 2 unspecified atom stereocenters. The highest BCUT2D eigenvalue weighted by atomic mass is 16.5. The van der Waals surface area contributed by atoms with Crippen LogP contribution in [0.2, 0.25) is 0 Å². The Balaban J connectivity index is 2.14. The van der Waals surface area contributed by atoms with Crippen molar-refractivity contribution in [3.05, 3.63) is 12.3 Å². The zero-order valence-electron chi connectivity index (χ0n) is 8.01. The molecule has 0 amide bonds. The second kappa shape index (κ2) is 4.51. The number of ether oxygens (including phenoxy) is 2. The van der Waals surface area contributed by atoms with Crippen LogP contribution in [-0.2, 0) is 9.47 Å². The number of hydrogen-bond donors (Lipinski definition) is 0. The lowest BCUT2D eigenvalue weighted by Gasteiger charge is -2.09. The molecule has 2 atom stereocenters. The van der Waals surface area contributed by atoms with Crippen LogP contribution in [0.4, 0.5) is 0 Å². The van der Waals surface area contributed by atoms with E-state index in [1.165, 1.54) is 0 Å². The summed E-state index contributed by atoms with van der Waals surface area (Å²) in [6.07, 6.45) is 2.45. The van der Waals surface area contributed by atoms with Crippen molar-refractivity contribution in [3.8, 4) is 0 Å². The Labute approximate surface area is 74.6 Å².